The first-order valence-electron chi connectivity index (χ1n) is 6.94. The molecule has 3 rings (SSSR count). The number of carbonyl (C=O) groups is 1. The van der Waals surface area contributed by atoms with Crippen LogP contribution in [0.3, 0.4) is 0 Å². The minimum atomic E-state index is -0.168. The zero-order valence-corrected chi connectivity index (χ0v) is 13.0. The SMILES string of the molecule is COCCCNC(=O)c1nc2sccn2c1-c1ccncc1. The highest BCUT2D eigenvalue weighted by atomic mass is 32.1. The van der Waals surface area contributed by atoms with Gasteiger partial charge in [-0.1, -0.05) is 0 Å². The van der Waals surface area contributed by atoms with Gasteiger partial charge in [0.05, 0.1) is 5.69 Å². The van der Waals surface area contributed by atoms with Gasteiger partial charge in [-0.2, -0.15) is 0 Å². The maximum Gasteiger partial charge on any atom is 0.272 e. The molecule has 6 nitrogen and oxygen atoms in total. The summed E-state index contributed by atoms with van der Waals surface area (Å²) < 4.78 is 6.92. The third-order valence-corrected chi connectivity index (χ3v) is 4.00. The topological polar surface area (TPSA) is 68.5 Å². The van der Waals surface area contributed by atoms with Crippen LogP contribution in [0.5, 0.6) is 0 Å². The number of nitrogens with zero attached hydrogens (tertiary/aromatic N) is 3. The van der Waals surface area contributed by atoms with E-state index < -0.39 is 0 Å². The summed E-state index contributed by atoms with van der Waals surface area (Å²) in [5.41, 5.74) is 2.15. The predicted molar refractivity (Wildman–Crippen MR) is 85.1 cm³/mol. The number of methoxy groups -OCH3 is 1. The van der Waals surface area contributed by atoms with E-state index in [1.165, 1.54) is 11.3 Å². The number of ether oxygens (including phenoxy) is 1. The molecule has 3 aromatic rings. The van der Waals surface area contributed by atoms with Crippen LogP contribution in [0.25, 0.3) is 16.2 Å². The second-order valence-corrected chi connectivity index (χ2v) is 5.58. The molecule has 0 aliphatic rings. The van der Waals surface area contributed by atoms with Crippen molar-refractivity contribution >= 4 is 22.2 Å². The second kappa shape index (κ2) is 6.67. The summed E-state index contributed by atoms with van der Waals surface area (Å²) >= 11 is 1.50. The Morgan fingerprint density at radius 2 is 2.23 bits per heavy atom. The molecule has 22 heavy (non-hydrogen) atoms. The molecule has 0 unspecified atom stereocenters. The lowest BCUT2D eigenvalue weighted by Gasteiger charge is -2.06. The summed E-state index contributed by atoms with van der Waals surface area (Å²) in [6.07, 6.45) is 6.11. The molecule has 3 heterocycles. The maximum absolute atomic E-state index is 12.4. The molecule has 1 N–H and O–H groups in total. The van der Waals surface area contributed by atoms with Crippen molar-refractivity contribution < 1.29 is 9.53 Å². The highest BCUT2D eigenvalue weighted by molar-refractivity contribution is 7.15. The van der Waals surface area contributed by atoms with E-state index in [1.54, 1.807) is 19.5 Å². The molecule has 0 spiro atoms. The van der Waals surface area contributed by atoms with E-state index in [0.29, 0.717) is 18.8 Å². The molecular weight excluding hydrogens is 300 g/mol. The summed E-state index contributed by atoms with van der Waals surface area (Å²) in [6, 6.07) is 3.76. The van der Waals surface area contributed by atoms with Crippen LogP contribution >= 0.6 is 11.3 Å². The smallest absolute Gasteiger partial charge is 0.272 e. The molecular formula is C15H16N4O2S. The molecule has 0 saturated carbocycles. The molecule has 0 radical (unpaired) electrons. The Bertz CT molecular complexity index is 766. The highest BCUT2D eigenvalue weighted by Gasteiger charge is 2.20. The lowest BCUT2D eigenvalue weighted by molar-refractivity contribution is 0.0945. The van der Waals surface area contributed by atoms with Crippen molar-refractivity contribution in [2.24, 2.45) is 0 Å². The van der Waals surface area contributed by atoms with E-state index in [2.05, 4.69) is 15.3 Å². The van der Waals surface area contributed by atoms with Crippen LogP contribution in [0.1, 0.15) is 16.9 Å². The van der Waals surface area contributed by atoms with Crippen molar-refractivity contribution in [1.29, 1.82) is 0 Å². The standard InChI is InChI=1S/C15H16N4O2S/c1-21-9-2-5-17-14(20)12-13(11-3-6-16-7-4-11)19-8-10-22-15(19)18-12/h3-4,6-8,10H,2,5,9H2,1H3,(H,17,20). The van der Waals surface area contributed by atoms with Gasteiger partial charge in [0.1, 0.15) is 0 Å². The van der Waals surface area contributed by atoms with Gasteiger partial charge in [0.2, 0.25) is 0 Å². The predicted octanol–water partition coefficient (Wildman–Crippen LogP) is 2.22. The fourth-order valence-corrected chi connectivity index (χ4v) is 2.95. The summed E-state index contributed by atoms with van der Waals surface area (Å²) in [7, 11) is 1.65. The van der Waals surface area contributed by atoms with Gasteiger partial charge in [-0.3, -0.25) is 14.2 Å². The molecule has 0 aliphatic carbocycles. The van der Waals surface area contributed by atoms with Gasteiger partial charge in [-0.15, -0.1) is 11.3 Å². The second-order valence-electron chi connectivity index (χ2n) is 4.70. The van der Waals surface area contributed by atoms with Gasteiger partial charge < -0.3 is 10.1 Å². The summed E-state index contributed by atoms with van der Waals surface area (Å²) in [4.78, 5) is 21.7. The maximum atomic E-state index is 12.4. The van der Waals surface area contributed by atoms with Crippen LogP contribution < -0.4 is 5.32 Å². The van der Waals surface area contributed by atoms with Gasteiger partial charge in [0, 0.05) is 49.8 Å². The zero-order valence-electron chi connectivity index (χ0n) is 12.2. The Kier molecular flexibility index (Phi) is 4.45. The Balaban J connectivity index is 1.92. The quantitative estimate of drug-likeness (QED) is 0.708. The lowest BCUT2D eigenvalue weighted by Crippen LogP contribution is -2.26. The van der Waals surface area contributed by atoms with Gasteiger partial charge in [-0.25, -0.2) is 4.98 Å². The number of fused-ring (bicyclic) bond motifs is 1. The molecule has 0 aliphatic heterocycles. The minimum absolute atomic E-state index is 0.168. The van der Waals surface area contributed by atoms with Crippen molar-refractivity contribution in [2.75, 3.05) is 20.3 Å². The van der Waals surface area contributed by atoms with Crippen molar-refractivity contribution in [3.63, 3.8) is 0 Å². The minimum Gasteiger partial charge on any atom is -0.385 e. The molecule has 0 saturated heterocycles. The summed E-state index contributed by atoms with van der Waals surface area (Å²) in [5.74, 6) is -0.168. The monoisotopic (exact) mass is 316 g/mol. The third kappa shape index (κ3) is 2.86. The van der Waals surface area contributed by atoms with E-state index in [4.69, 9.17) is 4.74 Å². The van der Waals surface area contributed by atoms with E-state index in [1.807, 2.05) is 28.1 Å². The largest absolute Gasteiger partial charge is 0.385 e. The number of hydrogen-bond donors (Lipinski definition) is 1. The summed E-state index contributed by atoms with van der Waals surface area (Å²) in [6.45, 7) is 1.18. The molecule has 0 bridgehead atoms. The molecule has 0 aromatic carbocycles. The van der Waals surface area contributed by atoms with E-state index in [9.17, 15) is 4.79 Å². The molecule has 7 heteroatoms. The van der Waals surface area contributed by atoms with Crippen LogP contribution in [-0.4, -0.2) is 40.5 Å². The number of pyridine rings is 1. The number of rotatable bonds is 6. The molecule has 3 aromatic heterocycles. The molecule has 1 amide bonds. The molecule has 0 atom stereocenters. The zero-order chi connectivity index (χ0) is 15.4. The first-order chi connectivity index (χ1) is 10.8. The van der Waals surface area contributed by atoms with Crippen LogP contribution in [0.4, 0.5) is 0 Å². The van der Waals surface area contributed by atoms with Crippen LogP contribution in [0.15, 0.2) is 36.1 Å². The summed E-state index contributed by atoms with van der Waals surface area (Å²) in [5, 5.41) is 4.84. The average Bonchev–Trinajstić information content (AvgIpc) is 3.12. The van der Waals surface area contributed by atoms with E-state index in [0.717, 1.165) is 22.6 Å². The van der Waals surface area contributed by atoms with Crippen LogP contribution in [0, 0.1) is 0 Å². The molecule has 0 fully saturated rings. The fraction of sp³-hybridized carbons (Fsp3) is 0.267. The number of carbonyl (C=O) groups excluding carboxylic acids is 1. The van der Waals surface area contributed by atoms with Gasteiger partial charge >= 0.3 is 0 Å². The Morgan fingerprint density at radius 3 is 3.00 bits per heavy atom. The Hall–Kier alpha value is -2.25. The van der Waals surface area contributed by atoms with Crippen molar-refractivity contribution in [3.8, 4) is 11.3 Å². The average molecular weight is 316 g/mol. The number of amides is 1. The van der Waals surface area contributed by atoms with Crippen LogP contribution in [0.2, 0.25) is 0 Å². The van der Waals surface area contributed by atoms with E-state index in [-0.39, 0.29) is 5.91 Å². The number of aromatic nitrogens is 3. The van der Waals surface area contributed by atoms with Gasteiger partial charge in [0.25, 0.3) is 5.91 Å². The Labute approximate surface area is 131 Å². The highest BCUT2D eigenvalue weighted by Crippen LogP contribution is 2.27. The number of hydrogen-bond acceptors (Lipinski definition) is 5. The van der Waals surface area contributed by atoms with Crippen molar-refractivity contribution in [2.45, 2.75) is 6.42 Å². The van der Waals surface area contributed by atoms with E-state index >= 15 is 0 Å². The number of imidazole rings is 1. The van der Waals surface area contributed by atoms with Gasteiger partial charge in [0.15, 0.2) is 10.7 Å². The first-order valence-corrected chi connectivity index (χ1v) is 7.82. The van der Waals surface area contributed by atoms with Gasteiger partial charge in [-0.05, 0) is 18.6 Å². The van der Waals surface area contributed by atoms with Crippen molar-refractivity contribution in [1.82, 2.24) is 19.7 Å². The third-order valence-electron chi connectivity index (χ3n) is 3.24. The van der Waals surface area contributed by atoms with Crippen LogP contribution in [-0.2, 0) is 4.74 Å². The van der Waals surface area contributed by atoms with Crippen molar-refractivity contribution in [3.05, 3.63) is 41.8 Å². The lowest BCUT2D eigenvalue weighted by atomic mass is 10.1. The number of nitrogens with one attached hydrogen (secondary N) is 1. The Morgan fingerprint density at radius 1 is 1.41 bits per heavy atom. The molecule has 114 valence electrons. The first kappa shape index (κ1) is 14.7. The normalized spacial score (nSPS) is 11.0. The fourth-order valence-electron chi connectivity index (χ4n) is 2.23. The number of thiazole rings is 1.